The summed E-state index contributed by atoms with van der Waals surface area (Å²) in [5.74, 6) is -0.969. The van der Waals surface area contributed by atoms with Gasteiger partial charge in [-0.2, -0.15) is 0 Å². The first-order valence-electron chi connectivity index (χ1n) is 8.69. The van der Waals surface area contributed by atoms with E-state index in [0.29, 0.717) is 16.3 Å². The van der Waals surface area contributed by atoms with Gasteiger partial charge in [0.05, 0.1) is 11.4 Å². The van der Waals surface area contributed by atoms with E-state index in [1.54, 1.807) is 49.4 Å². The van der Waals surface area contributed by atoms with Crippen LogP contribution in [-0.4, -0.2) is 43.4 Å². The molecule has 28 heavy (non-hydrogen) atoms. The third-order valence-electron chi connectivity index (χ3n) is 4.64. The van der Waals surface area contributed by atoms with Crippen LogP contribution in [-0.2, 0) is 15.1 Å². The van der Waals surface area contributed by atoms with Gasteiger partial charge < -0.3 is 15.5 Å². The van der Waals surface area contributed by atoms with Crippen LogP contribution < -0.4 is 15.5 Å². The summed E-state index contributed by atoms with van der Waals surface area (Å²) < 4.78 is 0. The lowest BCUT2D eigenvalue weighted by Gasteiger charge is -2.22. The Morgan fingerprint density at radius 2 is 1.86 bits per heavy atom. The van der Waals surface area contributed by atoms with Crippen molar-refractivity contribution in [3.05, 3.63) is 59.1 Å². The first kappa shape index (κ1) is 19.7. The SMILES string of the molecule is CN(C)c1ccc(Cl)cc1NC(=O)CN1C(=O)NC(C)(c2ccccc2)C1=O. The van der Waals surface area contributed by atoms with Crippen LogP contribution in [0, 0.1) is 0 Å². The van der Waals surface area contributed by atoms with Crippen molar-refractivity contribution < 1.29 is 14.4 Å². The molecule has 0 aliphatic carbocycles. The highest BCUT2D eigenvalue weighted by Gasteiger charge is 2.49. The third kappa shape index (κ3) is 3.66. The zero-order valence-corrected chi connectivity index (χ0v) is 16.6. The number of anilines is 2. The van der Waals surface area contributed by atoms with Crippen molar-refractivity contribution in [2.24, 2.45) is 0 Å². The Kier molecular flexibility index (Phi) is 5.29. The minimum absolute atomic E-state index is 0.396. The lowest BCUT2D eigenvalue weighted by molar-refractivity contribution is -0.133. The van der Waals surface area contributed by atoms with E-state index in [0.717, 1.165) is 10.6 Å². The fourth-order valence-electron chi connectivity index (χ4n) is 3.14. The van der Waals surface area contributed by atoms with Gasteiger partial charge in [-0.3, -0.25) is 14.5 Å². The normalized spacial score (nSPS) is 18.8. The second-order valence-corrected chi connectivity index (χ2v) is 7.35. The van der Waals surface area contributed by atoms with E-state index in [9.17, 15) is 14.4 Å². The van der Waals surface area contributed by atoms with Crippen LogP contribution in [0.4, 0.5) is 16.2 Å². The molecule has 2 aromatic carbocycles. The molecule has 8 heteroatoms. The molecule has 1 fully saturated rings. The van der Waals surface area contributed by atoms with Crippen LogP contribution in [0.3, 0.4) is 0 Å². The van der Waals surface area contributed by atoms with Gasteiger partial charge in [-0.1, -0.05) is 41.9 Å². The van der Waals surface area contributed by atoms with Gasteiger partial charge in [-0.15, -0.1) is 0 Å². The molecule has 1 atom stereocenters. The molecule has 0 spiro atoms. The zero-order valence-electron chi connectivity index (χ0n) is 15.8. The summed E-state index contributed by atoms with van der Waals surface area (Å²) in [6.07, 6.45) is 0. The van der Waals surface area contributed by atoms with Gasteiger partial charge in [0.1, 0.15) is 12.1 Å². The molecule has 1 unspecified atom stereocenters. The number of benzene rings is 2. The molecule has 1 aliphatic rings. The molecule has 0 bridgehead atoms. The second kappa shape index (κ2) is 7.52. The van der Waals surface area contributed by atoms with Crippen LogP contribution in [0.25, 0.3) is 0 Å². The number of carbonyl (C=O) groups is 3. The Hall–Kier alpha value is -3.06. The zero-order chi connectivity index (χ0) is 20.5. The van der Waals surface area contributed by atoms with Gasteiger partial charge in [0.15, 0.2) is 0 Å². The minimum atomic E-state index is -1.20. The summed E-state index contributed by atoms with van der Waals surface area (Å²) in [5.41, 5.74) is 0.703. The predicted molar refractivity (Wildman–Crippen MR) is 108 cm³/mol. The van der Waals surface area contributed by atoms with Crippen molar-refractivity contribution in [3.63, 3.8) is 0 Å². The Morgan fingerprint density at radius 1 is 1.18 bits per heavy atom. The Labute approximate surface area is 168 Å². The van der Waals surface area contributed by atoms with E-state index < -0.39 is 29.9 Å². The summed E-state index contributed by atoms with van der Waals surface area (Å²) in [6.45, 7) is 1.23. The number of amides is 4. The summed E-state index contributed by atoms with van der Waals surface area (Å²) in [6, 6.07) is 13.4. The predicted octanol–water partition coefficient (Wildman–Crippen LogP) is 2.81. The quantitative estimate of drug-likeness (QED) is 0.756. The third-order valence-corrected chi connectivity index (χ3v) is 4.88. The number of imide groups is 1. The largest absolute Gasteiger partial charge is 0.376 e. The van der Waals surface area contributed by atoms with E-state index in [2.05, 4.69) is 10.6 Å². The van der Waals surface area contributed by atoms with Gasteiger partial charge in [0.25, 0.3) is 5.91 Å². The lowest BCUT2D eigenvalue weighted by atomic mass is 9.92. The number of rotatable bonds is 5. The summed E-state index contributed by atoms with van der Waals surface area (Å²) in [4.78, 5) is 40.6. The van der Waals surface area contributed by atoms with Crippen molar-refractivity contribution in [1.82, 2.24) is 10.2 Å². The summed E-state index contributed by atoms with van der Waals surface area (Å²) in [7, 11) is 3.67. The first-order chi connectivity index (χ1) is 13.2. The van der Waals surface area contributed by atoms with E-state index in [1.165, 1.54) is 0 Å². The number of urea groups is 1. The summed E-state index contributed by atoms with van der Waals surface area (Å²) in [5, 5.41) is 5.88. The monoisotopic (exact) mass is 400 g/mol. The molecule has 0 saturated carbocycles. The standard InChI is InChI=1S/C20H21ClN4O3/c1-20(13-7-5-4-6-8-13)18(27)25(19(28)23-20)12-17(26)22-15-11-14(21)9-10-16(15)24(2)3/h4-11H,12H2,1-3H3,(H,22,26)(H,23,28). The highest BCUT2D eigenvalue weighted by atomic mass is 35.5. The highest BCUT2D eigenvalue weighted by Crippen LogP contribution is 2.30. The Bertz CT molecular complexity index is 932. The van der Waals surface area contributed by atoms with Crippen LogP contribution in [0.5, 0.6) is 0 Å². The van der Waals surface area contributed by atoms with Gasteiger partial charge in [-0.05, 0) is 30.7 Å². The number of halogens is 1. The van der Waals surface area contributed by atoms with Crippen molar-refractivity contribution in [3.8, 4) is 0 Å². The van der Waals surface area contributed by atoms with Crippen molar-refractivity contribution >= 4 is 40.8 Å². The number of nitrogens with zero attached hydrogens (tertiary/aromatic N) is 2. The molecule has 0 radical (unpaired) electrons. The molecule has 0 aromatic heterocycles. The second-order valence-electron chi connectivity index (χ2n) is 6.92. The number of nitrogens with one attached hydrogen (secondary N) is 2. The molecule has 2 N–H and O–H groups in total. The lowest BCUT2D eigenvalue weighted by Crippen LogP contribution is -2.42. The van der Waals surface area contributed by atoms with E-state index in [1.807, 2.05) is 25.1 Å². The van der Waals surface area contributed by atoms with Crippen LogP contribution in [0.2, 0.25) is 5.02 Å². The van der Waals surface area contributed by atoms with Crippen LogP contribution >= 0.6 is 11.6 Å². The van der Waals surface area contributed by atoms with Gasteiger partial charge in [-0.25, -0.2) is 4.79 Å². The van der Waals surface area contributed by atoms with Crippen molar-refractivity contribution in [1.29, 1.82) is 0 Å². The van der Waals surface area contributed by atoms with Crippen molar-refractivity contribution in [2.45, 2.75) is 12.5 Å². The highest BCUT2D eigenvalue weighted by molar-refractivity contribution is 6.31. The average Bonchev–Trinajstić information content (AvgIpc) is 2.86. The first-order valence-corrected chi connectivity index (χ1v) is 9.06. The molecule has 1 saturated heterocycles. The molecule has 1 aliphatic heterocycles. The number of carbonyl (C=O) groups excluding carboxylic acids is 3. The average molecular weight is 401 g/mol. The molecular formula is C20H21ClN4O3. The summed E-state index contributed by atoms with van der Waals surface area (Å²) >= 11 is 6.03. The Balaban J connectivity index is 1.77. The topological polar surface area (TPSA) is 81.8 Å². The van der Waals surface area contributed by atoms with Crippen LogP contribution in [0.15, 0.2) is 48.5 Å². The fraction of sp³-hybridized carbons (Fsp3) is 0.250. The number of hydrogen-bond acceptors (Lipinski definition) is 4. The van der Waals surface area contributed by atoms with Crippen LogP contribution in [0.1, 0.15) is 12.5 Å². The molecule has 1 heterocycles. The number of hydrogen-bond donors (Lipinski definition) is 2. The minimum Gasteiger partial charge on any atom is -0.376 e. The van der Waals surface area contributed by atoms with Gasteiger partial charge in [0, 0.05) is 19.1 Å². The van der Waals surface area contributed by atoms with E-state index >= 15 is 0 Å². The maximum atomic E-state index is 12.9. The smallest absolute Gasteiger partial charge is 0.325 e. The molecule has 4 amide bonds. The molecule has 3 rings (SSSR count). The van der Waals surface area contributed by atoms with E-state index in [-0.39, 0.29) is 0 Å². The maximum absolute atomic E-state index is 12.9. The van der Waals surface area contributed by atoms with E-state index in [4.69, 9.17) is 11.6 Å². The Morgan fingerprint density at radius 3 is 2.50 bits per heavy atom. The van der Waals surface area contributed by atoms with Gasteiger partial charge >= 0.3 is 6.03 Å². The molecule has 7 nitrogen and oxygen atoms in total. The molecular weight excluding hydrogens is 380 g/mol. The fourth-order valence-corrected chi connectivity index (χ4v) is 3.31. The maximum Gasteiger partial charge on any atom is 0.325 e. The molecule has 146 valence electrons. The van der Waals surface area contributed by atoms with Crippen molar-refractivity contribution in [2.75, 3.05) is 30.9 Å². The van der Waals surface area contributed by atoms with Gasteiger partial charge in [0.2, 0.25) is 5.91 Å². The molecule has 2 aromatic rings.